The van der Waals surface area contributed by atoms with E-state index in [0.29, 0.717) is 39.4 Å². The topological polar surface area (TPSA) is 128 Å². The number of halogens is 1. The van der Waals surface area contributed by atoms with E-state index in [9.17, 15) is 24.5 Å². The van der Waals surface area contributed by atoms with Gasteiger partial charge in [0, 0.05) is 16.6 Å². The molecule has 0 aromatic heterocycles. The molecule has 3 aromatic rings. The predicted octanol–water partition coefficient (Wildman–Crippen LogP) is 5.62. The fourth-order valence-corrected chi connectivity index (χ4v) is 4.31. The average Bonchev–Trinajstić information content (AvgIpc) is 2.89. The molecule has 4 rings (SSSR count). The first kappa shape index (κ1) is 27.5. The average molecular weight is 594 g/mol. The van der Waals surface area contributed by atoms with Crippen LogP contribution in [0.3, 0.4) is 0 Å². The van der Waals surface area contributed by atoms with Crippen molar-refractivity contribution in [1.82, 2.24) is 5.32 Å². The van der Waals surface area contributed by atoms with Crippen molar-refractivity contribution in [3.05, 3.63) is 97.0 Å². The van der Waals surface area contributed by atoms with Gasteiger partial charge in [0.05, 0.1) is 17.2 Å². The van der Waals surface area contributed by atoms with Gasteiger partial charge in [-0.2, -0.15) is 0 Å². The van der Waals surface area contributed by atoms with Crippen LogP contribution in [0.4, 0.5) is 16.2 Å². The second kappa shape index (κ2) is 11.5. The van der Waals surface area contributed by atoms with Gasteiger partial charge in [-0.25, -0.2) is 9.69 Å². The molecule has 4 amide bonds. The number of urea groups is 1. The Labute approximate surface area is 232 Å². The van der Waals surface area contributed by atoms with Crippen molar-refractivity contribution in [2.45, 2.75) is 27.4 Å². The summed E-state index contributed by atoms with van der Waals surface area (Å²) in [6.45, 7) is 5.91. The van der Waals surface area contributed by atoms with Gasteiger partial charge in [0.1, 0.15) is 12.2 Å². The number of amides is 4. The maximum absolute atomic E-state index is 13.3. The largest absolute Gasteiger partial charge is 0.490 e. The van der Waals surface area contributed by atoms with Crippen LogP contribution in [-0.4, -0.2) is 29.4 Å². The molecule has 0 atom stereocenters. The molecule has 200 valence electrons. The fourth-order valence-electron chi connectivity index (χ4n) is 3.88. The molecule has 0 aliphatic carbocycles. The number of nitro benzene ring substituents is 1. The summed E-state index contributed by atoms with van der Waals surface area (Å²) in [6.07, 6.45) is 1.37. The number of ether oxygens (including phenoxy) is 2. The van der Waals surface area contributed by atoms with Gasteiger partial charge in [0.15, 0.2) is 11.5 Å². The number of non-ortho nitro benzene ring substituents is 1. The molecule has 1 saturated heterocycles. The van der Waals surface area contributed by atoms with E-state index in [1.54, 1.807) is 49.4 Å². The van der Waals surface area contributed by atoms with E-state index in [1.807, 2.05) is 13.8 Å². The molecule has 0 unspecified atom stereocenters. The zero-order valence-electron chi connectivity index (χ0n) is 21.3. The monoisotopic (exact) mass is 593 g/mol. The Balaban J connectivity index is 1.65. The van der Waals surface area contributed by atoms with E-state index < -0.39 is 22.8 Å². The second-order valence-corrected chi connectivity index (χ2v) is 9.55. The third-order valence-corrected chi connectivity index (χ3v) is 6.72. The van der Waals surface area contributed by atoms with Gasteiger partial charge in [-0.15, -0.1) is 0 Å². The van der Waals surface area contributed by atoms with Crippen LogP contribution in [0.5, 0.6) is 11.5 Å². The normalized spacial score (nSPS) is 14.4. The number of nitrogens with zero attached hydrogens (tertiary/aromatic N) is 2. The number of imide groups is 2. The summed E-state index contributed by atoms with van der Waals surface area (Å²) in [5.74, 6) is -0.892. The molecule has 0 spiro atoms. The summed E-state index contributed by atoms with van der Waals surface area (Å²) >= 11 is 3.45. The lowest BCUT2D eigenvalue weighted by atomic mass is 10.0. The number of hydrogen-bond acceptors (Lipinski definition) is 7. The van der Waals surface area contributed by atoms with E-state index in [4.69, 9.17) is 9.47 Å². The molecule has 0 radical (unpaired) electrons. The Hall–Kier alpha value is -4.51. The molecule has 10 nitrogen and oxygen atoms in total. The van der Waals surface area contributed by atoms with Crippen LogP contribution in [0.2, 0.25) is 0 Å². The first-order chi connectivity index (χ1) is 18.6. The standard InChI is InChI=1S/C28H24BrN3O7/c1-4-38-24-13-19(23(29)14-25(24)39-15-18-6-5-7-21(11-18)32(36)37)12-22-26(33)30-28(35)31(27(22)34)20-9-8-16(2)17(3)10-20/h5-14H,4,15H2,1-3H3,(H,30,33,35)/b22-12+. The minimum atomic E-state index is -0.829. The first-order valence-corrected chi connectivity index (χ1v) is 12.7. The summed E-state index contributed by atoms with van der Waals surface area (Å²) in [5, 5.41) is 13.3. The zero-order chi connectivity index (χ0) is 28.3. The van der Waals surface area contributed by atoms with E-state index in [-0.39, 0.29) is 17.9 Å². The Morgan fingerprint density at radius 2 is 1.74 bits per heavy atom. The third-order valence-electron chi connectivity index (χ3n) is 6.03. The zero-order valence-corrected chi connectivity index (χ0v) is 22.9. The van der Waals surface area contributed by atoms with Gasteiger partial charge in [0.25, 0.3) is 17.5 Å². The highest BCUT2D eigenvalue weighted by Crippen LogP contribution is 2.36. The van der Waals surface area contributed by atoms with Crippen LogP contribution in [-0.2, 0) is 16.2 Å². The van der Waals surface area contributed by atoms with Gasteiger partial charge in [-0.05, 0) is 73.4 Å². The molecule has 1 heterocycles. The van der Waals surface area contributed by atoms with Crippen LogP contribution in [0.15, 0.2) is 64.6 Å². The quantitative estimate of drug-likeness (QED) is 0.155. The molecule has 1 aliphatic rings. The summed E-state index contributed by atoms with van der Waals surface area (Å²) < 4.78 is 12.1. The summed E-state index contributed by atoms with van der Waals surface area (Å²) in [6, 6.07) is 13.6. The maximum Gasteiger partial charge on any atom is 0.335 e. The number of aryl methyl sites for hydroxylation is 2. The summed E-state index contributed by atoms with van der Waals surface area (Å²) in [7, 11) is 0. The van der Waals surface area contributed by atoms with Crippen LogP contribution >= 0.6 is 15.9 Å². The highest BCUT2D eigenvalue weighted by Gasteiger charge is 2.37. The summed E-state index contributed by atoms with van der Waals surface area (Å²) in [4.78, 5) is 50.1. The molecule has 11 heteroatoms. The molecular weight excluding hydrogens is 570 g/mol. The molecule has 3 aromatic carbocycles. The van der Waals surface area contributed by atoms with Crippen molar-refractivity contribution in [3.63, 3.8) is 0 Å². The smallest absolute Gasteiger partial charge is 0.335 e. The van der Waals surface area contributed by atoms with Crippen LogP contribution in [0.25, 0.3) is 6.08 Å². The lowest BCUT2D eigenvalue weighted by Gasteiger charge is -2.27. The number of anilines is 1. The van der Waals surface area contributed by atoms with Crippen molar-refractivity contribution in [2.24, 2.45) is 0 Å². The number of nitro groups is 1. The number of carbonyl (C=O) groups is 3. The van der Waals surface area contributed by atoms with Crippen LogP contribution in [0, 0.1) is 24.0 Å². The molecule has 1 N–H and O–H groups in total. The maximum atomic E-state index is 13.3. The molecular formula is C28H24BrN3O7. The first-order valence-electron chi connectivity index (χ1n) is 11.9. The Morgan fingerprint density at radius 1 is 1.00 bits per heavy atom. The lowest BCUT2D eigenvalue weighted by molar-refractivity contribution is -0.384. The van der Waals surface area contributed by atoms with Crippen molar-refractivity contribution >= 4 is 51.2 Å². The van der Waals surface area contributed by atoms with Crippen LogP contribution < -0.4 is 19.7 Å². The predicted molar refractivity (Wildman–Crippen MR) is 148 cm³/mol. The highest BCUT2D eigenvalue weighted by molar-refractivity contribution is 9.10. The van der Waals surface area contributed by atoms with E-state index in [1.165, 1.54) is 18.2 Å². The molecule has 1 aliphatic heterocycles. The number of rotatable bonds is 8. The Morgan fingerprint density at radius 3 is 2.44 bits per heavy atom. The number of barbiturate groups is 1. The minimum absolute atomic E-state index is 0.0442. The van der Waals surface area contributed by atoms with Crippen molar-refractivity contribution in [2.75, 3.05) is 11.5 Å². The lowest BCUT2D eigenvalue weighted by Crippen LogP contribution is -2.54. The van der Waals surface area contributed by atoms with Crippen molar-refractivity contribution in [3.8, 4) is 11.5 Å². The fraction of sp³-hybridized carbons (Fsp3) is 0.179. The van der Waals surface area contributed by atoms with Crippen LogP contribution in [0.1, 0.15) is 29.2 Å². The van der Waals surface area contributed by atoms with Gasteiger partial charge < -0.3 is 9.47 Å². The van der Waals surface area contributed by atoms with E-state index >= 15 is 0 Å². The van der Waals surface area contributed by atoms with Gasteiger partial charge >= 0.3 is 6.03 Å². The van der Waals surface area contributed by atoms with Gasteiger partial charge in [0.2, 0.25) is 0 Å². The van der Waals surface area contributed by atoms with Crippen molar-refractivity contribution < 1.29 is 28.8 Å². The Kier molecular flexibility index (Phi) is 8.10. The van der Waals surface area contributed by atoms with Gasteiger partial charge in [-0.3, -0.25) is 25.0 Å². The molecule has 0 bridgehead atoms. The number of carbonyl (C=O) groups excluding carboxylic acids is 3. The summed E-state index contributed by atoms with van der Waals surface area (Å²) in [5.41, 5.74) is 2.98. The SMILES string of the molecule is CCOc1cc(/C=C2\C(=O)NC(=O)N(c3ccc(C)c(C)c3)C2=O)c(Br)cc1OCc1cccc([N+](=O)[O-])c1. The molecule has 39 heavy (non-hydrogen) atoms. The van der Waals surface area contributed by atoms with E-state index in [0.717, 1.165) is 16.0 Å². The number of hydrogen-bond donors (Lipinski definition) is 1. The minimum Gasteiger partial charge on any atom is -0.490 e. The van der Waals surface area contributed by atoms with Crippen molar-refractivity contribution in [1.29, 1.82) is 0 Å². The molecule has 0 saturated carbocycles. The Bertz CT molecular complexity index is 1530. The second-order valence-electron chi connectivity index (χ2n) is 8.70. The highest BCUT2D eigenvalue weighted by atomic mass is 79.9. The number of benzene rings is 3. The van der Waals surface area contributed by atoms with Gasteiger partial charge in [-0.1, -0.05) is 34.1 Å². The van der Waals surface area contributed by atoms with E-state index in [2.05, 4.69) is 21.2 Å². The third kappa shape index (κ3) is 5.99. The number of nitrogens with one attached hydrogen (secondary N) is 1. The molecule has 1 fully saturated rings.